The molecule has 0 bridgehead atoms. The lowest BCUT2D eigenvalue weighted by molar-refractivity contribution is 0.0322. The molecule has 2 aliphatic heterocycles. The molecule has 0 unspecified atom stereocenters. The predicted molar refractivity (Wildman–Crippen MR) is 91.0 cm³/mol. The van der Waals surface area contributed by atoms with Gasteiger partial charge in [-0.3, -0.25) is 0 Å². The van der Waals surface area contributed by atoms with Crippen molar-refractivity contribution >= 4 is 11.0 Å². The summed E-state index contributed by atoms with van der Waals surface area (Å²) in [6.45, 7) is 3.36. The van der Waals surface area contributed by atoms with E-state index in [-0.39, 0.29) is 5.54 Å². The lowest BCUT2D eigenvalue weighted by atomic mass is 9.82. The zero-order valence-electron chi connectivity index (χ0n) is 13.6. The highest BCUT2D eigenvalue weighted by Crippen LogP contribution is 2.36. The summed E-state index contributed by atoms with van der Waals surface area (Å²) in [7, 11) is 0. The first-order chi connectivity index (χ1) is 11.8. The number of hydrogen-bond donors (Lipinski definition) is 1. The summed E-state index contributed by atoms with van der Waals surface area (Å²) >= 11 is 0. The van der Waals surface area contributed by atoms with Gasteiger partial charge in [0.2, 0.25) is 0 Å². The molecule has 0 radical (unpaired) electrons. The van der Waals surface area contributed by atoms with Gasteiger partial charge in [0.1, 0.15) is 11.3 Å². The first-order valence-corrected chi connectivity index (χ1v) is 8.69. The molecule has 2 aliphatic rings. The quantitative estimate of drug-likeness (QED) is 0.788. The van der Waals surface area contributed by atoms with Crippen molar-refractivity contribution in [1.29, 1.82) is 0 Å². The van der Waals surface area contributed by atoms with Crippen LogP contribution in [0.3, 0.4) is 0 Å². The van der Waals surface area contributed by atoms with E-state index in [1.54, 1.807) is 0 Å². The van der Waals surface area contributed by atoms with Crippen LogP contribution >= 0.6 is 0 Å². The minimum atomic E-state index is 0.00492. The van der Waals surface area contributed by atoms with E-state index in [0.717, 1.165) is 62.3 Å². The lowest BCUT2D eigenvalue weighted by Crippen LogP contribution is -2.51. The number of benzene rings is 1. The fourth-order valence-corrected chi connectivity index (χ4v) is 4.13. The highest BCUT2D eigenvalue weighted by Gasteiger charge is 2.40. The minimum absolute atomic E-state index is 0.00492. The average Bonchev–Trinajstić information content (AvgIpc) is 3.21. The second-order valence-electron chi connectivity index (χ2n) is 6.79. The first-order valence-electron chi connectivity index (χ1n) is 8.69. The van der Waals surface area contributed by atoms with Crippen LogP contribution in [0.15, 0.2) is 41.1 Å². The molecule has 0 amide bonds. The standard InChI is InChI=1S/C19H21N3O2/c1-2-4-17-14(3-1)11-15(24-17)12-22-13-20-18-16(22)5-8-21-19(18)6-9-23-10-7-19/h1-4,11,13,21H,5-10,12H2. The number of nitrogens with one attached hydrogen (secondary N) is 1. The molecule has 3 aromatic rings. The molecular formula is C19H21N3O2. The predicted octanol–water partition coefficient (Wildman–Crippen LogP) is 2.83. The summed E-state index contributed by atoms with van der Waals surface area (Å²) in [6, 6.07) is 10.3. The molecule has 0 saturated carbocycles. The van der Waals surface area contributed by atoms with E-state index in [1.165, 1.54) is 11.4 Å². The van der Waals surface area contributed by atoms with Crippen LogP contribution in [0.2, 0.25) is 0 Å². The molecule has 1 spiro atoms. The Morgan fingerprint density at radius 2 is 2.08 bits per heavy atom. The largest absolute Gasteiger partial charge is 0.459 e. The molecule has 24 heavy (non-hydrogen) atoms. The molecule has 124 valence electrons. The van der Waals surface area contributed by atoms with Gasteiger partial charge in [0.25, 0.3) is 0 Å². The van der Waals surface area contributed by atoms with Gasteiger partial charge in [-0.2, -0.15) is 0 Å². The van der Waals surface area contributed by atoms with Gasteiger partial charge in [0.15, 0.2) is 0 Å². The van der Waals surface area contributed by atoms with Gasteiger partial charge in [-0.15, -0.1) is 0 Å². The van der Waals surface area contributed by atoms with Crippen LogP contribution < -0.4 is 5.32 Å². The van der Waals surface area contributed by atoms with Gasteiger partial charge in [-0.05, 0) is 25.0 Å². The van der Waals surface area contributed by atoms with Crippen molar-refractivity contribution in [2.75, 3.05) is 19.8 Å². The third kappa shape index (κ3) is 2.19. The maximum Gasteiger partial charge on any atom is 0.134 e. The Labute approximate surface area is 140 Å². The van der Waals surface area contributed by atoms with Crippen LogP contribution in [0.4, 0.5) is 0 Å². The monoisotopic (exact) mass is 323 g/mol. The SMILES string of the molecule is c1ccc2oc(Cn3cnc4c3CCNC43CCOCC3)cc2c1. The molecule has 1 aromatic carbocycles. The molecule has 1 saturated heterocycles. The summed E-state index contributed by atoms with van der Waals surface area (Å²) < 4.78 is 13.8. The third-order valence-corrected chi connectivity index (χ3v) is 5.37. The Morgan fingerprint density at radius 1 is 1.21 bits per heavy atom. The highest BCUT2D eigenvalue weighted by atomic mass is 16.5. The lowest BCUT2D eigenvalue weighted by Gasteiger charge is -2.40. The van der Waals surface area contributed by atoms with Crippen LogP contribution in [0.5, 0.6) is 0 Å². The van der Waals surface area contributed by atoms with Crippen LogP contribution in [-0.2, 0) is 23.2 Å². The Balaban J connectivity index is 1.49. The molecule has 5 nitrogen and oxygen atoms in total. The van der Waals surface area contributed by atoms with Crippen LogP contribution in [0.25, 0.3) is 11.0 Å². The molecule has 1 fully saturated rings. The Kier molecular flexibility index (Phi) is 3.24. The molecule has 1 N–H and O–H groups in total. The van der Waals surface area contributed by atoms with Crippen LogP contribution in [-0.4, -0.2) is 29.3 Å². The fourth-order valence-electron chi connectivity index (χ4n) is 4.13. The number of para-hydroxylation sites is 1. The van der Waals surface area contributed by atoms with Crippen molar-refractivity contribution in [3.8, 4) is 0 Å². The Hall–Kier alpha value is -2.11. The number of fused-ring (bicyclic) bond motifs is 3. The zero-order chi connectivity index (χ0) is 16.0. The van der Waals surface area contributed by atoms with Gasteiger partial charge in [-0.25, -0.2) is 4.98 Å². The van der Waals surface area contributed by atoms with Crippen molar-refractivity contribution in [3.05, 3.63) is 53.8 Å². The molecular weight excluding hydrogens is 302 g/mol. The van der Waals surface area contributed by atoms with E-state index in [4.69, 9.17) is 14.1 Å². The third-order valence-electron chi connectivity index (χ3n) is 5.37. The highest BCUT2D eigenvalue weighted by molar-refractivity contribution is 5.77. The smallest absolute Gasteiger partial charge is 0.134 e. The number of ether oxygens (including phenoxy) is 1. The number of imidazole rings is 1. The molecule has 2 aromatic heterocycles. The fraction of sp³-hybridized carbons (Fsp3) is 0.421. The summed E-state index contributed by atoms with van der Waals surface area (Å²) in [4.78, 5) is 4.79. The average molecular weight is 323 g/mol. The molecule has 5 rings (SSSR count). The van der Waals surface area contributed by atoms with E-state index < -0.39 is 0 Å². The summed E-state index contributed by atoms with van der Waals surface area (Å²) in [6.07, 6.45) is 4.99. The van der Waals surface area contributed by atoms with Crippen molar-refractivity contribution in [2.45, 2.75) is 31.3 Å². The van der Waals surface area contributed by atoms with Crippen molar-refractivity contribution in [2.24, 2.45) is 0 Å². The van der Waals surface area contributed by atoms with Crippen LogP contribution in [0.1, 0.15) is 30.0 Å². The first kappa shape index (κ1) is 14.3. The van der Waals surface area contributed by atoms with Gasteiger partial charge in [0, 0.05) is 37.3 Å². The van der Waals surface area contributed by atoms with E-state index >= 15 is 0 Å². The summed E-state index contributed by atoms with van der Waals surface area (Å²) in [5, 5.41) is 4.87. The van der Waals surface area contributed by atoms with E-state index in [9.17, 15) is 0 Å². The summed E-state index contributed by atoms with van der Waals surface area (Å²) in [5.74, 6) is 0.982. The van der Waals surface area contributed by atoms with Crippen molar-refractivity contribution < 1.29 is 9.15 Å². The Bertz CT molecular complexity index is 841. The topological polar surface area (TPSA) is 52.2 Å². The zero-order valence-corrected chi connectivity index (χ0v) is 13.6. The Morgan fingerprint density at radius 3 is 2.96 bits per heavy atom. The van der Waals surface area contributed by atoms with E-state index in [2.05, 4.69) is 22.0 Å². The number of rotatable bonds is 2. The van der Waals surface area contributed by atoms with Gasteiger partial charge in [-0.1, -0.05) is 18.2 Å². The number of furan rings is 1. The molecule has 4 heterocycles. The van der Waals surface area contributed by atoms with Crippen molar-refractivity contribution in [3.63, 3.8) is 0 Å². The number of nitrogens with zero attached hydrogens (tertiary/aromatic N) is 2. The van der Waals surface area contributed by atoms with E-state index in [0.29, 0.717) is 0 Å². The molecule has 0 aliphatic carbocycles. The van der Waals surface area contributed by atoms with Gasteiger partial charge < -0.3 is 19.0 Å². The van der Waals surface area contributed by atoms with Gasteiger partial charge in [0.05, 0.1) is 24.1 Å². The number of aromatic nitrogens is 2. The second kappa shape index (κ2) is 5.46. The van der Waals surface area contributed by atoms with Gasteiger partial charge >= 0.3 is 0 Å². The number of hydrogen-bond acceptors (Lipinski definition) is 4. The maximum absolute atomic E-state index is 5.99. The summed E-state index contributed by atoms with van der Waals surface area (Å²) in [5.41, 5.74) is 3.51. The second-order valence-corrected chi connectivity index (χ2v) is 6.79. The minimum Gasteiger partial charge on any atom is -0.459 e. The van der Waals surface area contributed by atoms with Crippen molar-refractivity contribution in [1.82, 2.24) is 14.9 Å². The normalized spacial score (nSPS) is 19.7. The molecule has 5 heteroatoms. The maximum atomic E-state index is 5.99. The van der Waals surface area contributed by atoms with Crippen LogP contribution in [0, 0.1) is 0 Å². The van der Waals surface area contributed by atoms with E-state index in [1.807, 2.05) is 24.5 Å². The molecule has 0 atom stereocenters.